The van der Waals surface area contributed by atoms with Crippen LogP contribution in [0.1, 0.15) is 0 Å². The molecule has 2 N–H and O–H groups in total. The number of nitrogens with zero attached hydrogens (tertiary/aromatic N) is 4. The van der Waals surface area contributed by atoms with Gasteiger partial charge in [-0.1, -0.05) is 23.2 Å². The van der Waals surface area contributed by atoms with Gasteiger partial charge in [0.2, 0.25) is 5.55 Å². The predicted octanol–water partition coefficient (Wildman–Crippen LogP) is 0.421. The average molecular weight is 385 g/mol. The lowest BCUT2D eigenvalue weighted by atomic mass is 10.1. The van der Waals surface area contributed by atoms with Crippen LogP contribution in [-0.2, 0) is 4.79 Å². The van der Waals surface area contributed by atoms with Gasteiger partial charge in [-0.3, -0.25) is 20.1 Å². The van der Waals surface area contributed by atoms with Gasteiger partial charge in [0.25, 0.3) is 11.3 Å². The lowest BCUT2D eigenvalue weighted by Gasteiger charge is -2.14. The molecule has 0 radical (unpaired) electrons. The maximum Gasteiger partial charge on any atom is 0.321 e. The number of aromatic nitrogens is 2. The number of hydrogen-bond acceptors (Lipinski definition) is 9. The van der Waals surface area contributed by atoms with Gasteiger partial charge in [-0.15, -0.1) is 10.2 Å². The minimum absolute atomic E-state index is 0.00827. The SMILES string of the molecule is O=C1C(O)=C/C(=c2\nnc(=C3C(Cl)=CN(O)C=C3Cl)o2)C=C1[N+](=O)[O-]. The summed E-state index contributed by atoms with van der Waals surface area (Å²) in [7, 11) is 0. The van der Waals surface area contributed by atoms with Crippen molar-refractivity contribution >= 4 is 40.1 Å². The van der Waals surface area contributed by atoms with Crippen LogP contribution in [0, 0.1) is 10.1 Å². The third kappa shape index (κ3) is 3.05. The molecule has 2 aliphatic rings. The molecule has 0 bridgehead atoms. The van der Waals surface area contributed by atoms with Gasteiger partial charge in [0.1, 0.15) is 0 Å². The molecule has 1 aromatic rings. The zero-order valence-corrected chi connectivity index (χ0v) is 13.4. The van der Waals surface area contributed by atoms with E-state index in [1.807, 2.05) is 0 Å². The molecule has 0 unspecified atom stereocenters. The van der Waals surface area contributed by atoms with E-state index in [0.29, 0.717) is 5.06 Å². The van der Waals surface area contributed by atoms with Crippen LogP contribution in [0.2, 0.25) is 0 Å². The molecule has 3 rings (SSSR count). The van der Waals surface area contributed by atoms with E-state index in [2.05, 4.69) is 10.2 Å². The molecule has 2 heterocycles. The Hall–Kier alpha value is -2.95. The standard InChI is InChI=1S/C13H6Cl2N4O6/c14-6-3-18(22)4-7(15)10(6)13-17-16-12(25-13)5-1-8(19(23)24)11(21)9(20)2-5/h1-4,20,22H/b12-5+. The lowest BCUT2D eigenvalue weighted by Crippen LogP contribution is -2.19. The van der Waals surface area contributed by atoms with Gasteiger partial charge in [-0.25, -0.2) is 5.06 Å². The van der Waals surface area contributed by atoms with Crippen LogP contribution in [0.25, 0.3) is 11.1 Å². The monoisotopic (exact) mass is 384 g/mol. The highest BCUT2D eigenvalue weighted by atomic mass is 35.5. The number of ketones is 1. The van der Waals surface area contributed by atoms with Crippen molar-refractivity contribution in [3.8, 4) is 0 Å². The number of rotatable bonds is 1. The fourth-order valence-corrected chi connectivity index (χ4v) is 2.63. The summed E-state index contributed by atoms with van der Waals surface area (Å²) in [6, 6.07) is 0. The van der Waals surface area contributed by atoms with Crippen LogP contribution in [0.3, 0.4) is 0 Å². The smallest absolute Gasteiger partial charge is 0.321 e. The minimum Gasteiger partial charge on any atom is -0.504 e. The van der Waals surface area contributed by atoms with Crippen LogP contribution < -0.4 is 11.1 Å². The summed E-state index contributed by atoms with van der Waals surface area (Å²) >= 11 is 11.9. The summed E-state index contributed by atoms with van der Waals surface area (Å²) in [4.78, 5) is 21.5. The fraction of sp³-hybridized carbons (Fsp3) is 0. The van der Waals surface area contributed by atoms with E-state index in [0.717, 1.165) is 24.6 Å². The molecule has 0 atom stereocenters. The fourth-order valence-electron chi connectivity index (χ4n) is 2.02. The highest BCUT2D eigenvalue weighted by Gasteiger charge is 2.30. The Morgan fingerprint density at radius 3 is 2.36 bits per heavy atom. The molecule has 1 aliphatic carbocycles. The molecule has 0 fully saturated rings. The number of aliphatic hydroxyl groups excluding tert-OH is 1. The molecule has 0 spiro atoms. The zero-order chi connectivity index (χ0) is 18.3. The molecule has 12 heteroatoms. The second kappa shape index (κ2) is 6.16. The van der Waals surface area contributed by atoms with Crippen molar-refractivity contribution in [2.24, 2.45) is 0 Å². The van der Waals surface area contributed by atoms with Crippen molar-refractivity contribution in [2.75, 3.05) is 0 Å². The van der Waals surface area contributed by atoms with Crippen molar-refractivity contribution in [2.45, 2.75) is 0 Å². The molecule has 10 nitrogen and oxygen atoms in total. The number of halogens is 2. The minimum atomic E-state index is -1.13. The zero-order valence-electron chi connectivity index (χ0n) is 11.9. The third-order valence-electron chi connectivity index (χ3n) is 3.10. The van der Waals surface area contributed by atoms with E-state index < -0.39 is 22.2 Å². The number of aliphatic hydroxyl groups is 1. The van der Waals surface area contributed by atoms with Gasteiger partial charge < -0.3 is 9.52 Å². The number of hydroxylamine groups is 2. The van der Waals surface area contributed by atoms with E-state index in [9.17, 15) is 25.2 Å². The maximum atomic E-state index is 11.5. The molecule has 1 aliphatic heterocycles. The summed E-state index contributed by atoms with van der Waals surface area (Å²) in [6.07, 6.45) is 4.13. The van der Waals surface area contributed by atoms with Crippen LogP contribution >= 0.6 is 23.2 Å². The van der Waals surface area contributed by atoms with Crippen molar-refractivity contribution < 1.29 is 24.4 Å². The molecule has 0 aromatic carbocycles. The van der Waals surface area contributed by atoms with Crippen LogP contribution in [0.5, 0.6) is 0 Å². The molecular formula is C13H6Cl2N4O6. The second-order valence-electron chi connectivity index (χ2n) is 4.72. The van der Waals surface area contributed by atoms with Crippen molar-refractivity contribution in [3.63, 3.8) is 0 Å². The average Bonchev–Trinajstić information content (AvgIpc) is 2.98. The number of Topliss-reactive ketones (excluding diaryl/α,β-unsaturated/α-hetero) is 1. The van der Waals surface area contributed by atoms with E-state index >= 15 is 0 Å². The Labute approximate surface area is 147 Å². The Kier molecular flexibility index (Phi) is 4.17. The van der Waals surface area contributed by atoms with Gasteiger partial charge in [0.05, 0.1) is 33.0 Å². The number of nitro groups is 1. The third-order valence-corrected chi connectivity index (χ3v) is 3.67. The van der Waals surface area contributed by atoms with Gasteiger partial charge in [-0.2, -0.15) is 0 Å². The van der Waals surface area contributed by atoms with E-state index in [4.69, 9.17) is 27.6 Å². The lowest BCUT2D eigenvalue weighted by molar-refractivity contribution is -0.418. The summed E-state index contributed by atoms with van der Waals surface area (Å²) in [5.74, 6) is -1.96. The van der Waals surface area contributed by atoms with E-state index in [1.54, 1.807) is 0 Å². The largest absolute Gasteiger partial charge is 0.504 e. The number of allylic oxidation sites excluding steroid dienone is 4. The highest BCUT2D eigenvalue weighted by Crippen LogP contribution is 2.30. The maximum absolute atomic E-state index is 11.5. The van der Waals surface area contributed by atoms with Crippen molar-refractivity contribution in [3.05, 3.63) is 67.3 Å². The summed E-state index contributed by atoms with van der Waals surface area (Å²) in [5, 5.41) is 37.9. The number of carbonyl (C=O) groups excluding carboxylic acids is 1. The molecule has 0 saturated carbocycles. The molecule has 0 amide bonds. The molecular weight excluding hydrogens is 379 g/mol. The van der Waals surface area contributed by atoms with Gasteiger partial charge in [0, 0.05) is 11.6 Å². The normalized spacial score (nSPS) is 20.0. The Morgan fingerprint density at radius 2 is 1.76 bits per heavy atom. The van der Waals surface area contributed by atoms with Gasteiger partial charge in [0.15, 0.2) is 5.76 Å². The van der Waals surface area contributed by atoms with E-state index in [1.165, 1.54) is 0 Å². The summed E-state index contributed by atoms with van der Waals surface area (Å²) in [6.45, 7) is 0. The summed E-state index contributed by atoms with van der Waals surface area (Å²) in [5.41, 5.74) is -1.08. The predicted molar refractivity (Wildman–Crippen MR) is 82.7 cm³/mol. The first-order chi connectivity index (χ1) is 11.8. The highest BCUT2D eigenvalue weighted by molar-refractivity contribution is 6.44. The second-order valence-corrected chi connectivity index (χ2v) is 5.54. The molecule has 0 saturated heterocycles. The van der Waals surface area contributed by atoms with Crippen LogP contribution in [-0.4, -0.2) is 36.3 Å². The Morgan fingerprint density at radius 1 is 1.16 bits per heavy atom. The topological polar surface area (TPSA) is 143 Å². The van der Waals surface area contributed by atoms with Crippen molar-refractivity contribution in [1.82, 2.24) is 15.3 Å². The Bertz CT molecular complexity index is 1030. The Balaban J connectivity index is 2.23. The first-order valence-corrected chi connectivity index (χ1v) is 7.15. The molecule has 128 valence electrons. The number of hydrogen-bond donors (Lipinski definition) is 2. The van der Waals surface area contributed by atoms with Crippen molar-refractivity contribution in [1.29, 1.82) is 0 Å². The summed E-state index contributed by atoms with van der Waals surface area (Å²) < 4.78 is 5.37. The first-order valence-electron chi connectivity index (χ1n) is 6.40. The molecule has 25 heavy (non-hydrogen) atoms. The van der Waals surface area contributed by atoms with Crippen LogP contribution in [0.15, 0.2) is 50.5 Å². The van der Waals surface area contributed by atoms with Gasteiger partial charge >= 0.3 is 5.70 Å². The molecule has 1 aromatic heterocycles. The van der Waals surface area contributed by atoms with Gasteiger partial charge in [-0.05, 0) is 6.08 Å². The number of carbonyl (C=O) groups is 1. The van der Waals surface area contributed by atoms with Crippen LogP contribution in [0.4, 0.5) is 0 Å². The van der Waals surface area contributed by atoms with E-state index in [-0.39, 0.29) is 32.3 Å². The quantitative estimate of drug-likeness (QED) is 0.519. The first kappa shape index (κ1) is 16.9.